The third-order valence-electron chi connectivity index (χ3n) is 4.69. The lowest BCUT2D eigenvalue weighted by atomic mass is 10.1. The van der Waals surface area contributed by atoms with Crippen LogP contribution >= 0.6 is 0 Å². The number of nitrogens with one attached hydrogen (secondary N) is 1. The fourth-order valence-corrected chi connectivity index (χ4v) is 3.22. The highest BCUT2D eigenvalue weighted by molar-refractivity contribution is 5.80. The molecule has 2 aromatic heterocycles. The number of carbonyl (C=O) groups is 1. The number of esters is 1. The summed E-state index contributed by atoms with van der Waals surface area (Å²) in [4.78, 5) is 21.5. The van der Waals surface area contributed by atoms with E-state index in [9.17, 15) is 4.79 Å². The summed E-state index contributed by atoms with van der Waals surface area (Å²) >= 11 is 0. The lowest BCUT2D eigenvalue weighted by molar-refractivity contribution is -0.141. The predicted octanol–water partition coefficient (Wildman–Crippen LogP) is 3.73. The van der Waals surface area contributed by atoms with Gasteiger partial charge in [-0.2, -0.15) is 9.50 Å². The van der Waals surface area contributed by atoms with Crippen molar-refractivity contribution < 1.29 is 9.53 Å². The summed E-state index contributed by atoms with van der Waals surface area (Å²) in [5, 5.41) is 7.90. The van der Waals surface area contributed by atoms with E-state index in [1.807, 2.05) is 74.5 Å². The van der Waals surface area contributed by atoms with Gasteiger partial charge in [0.1, 0.15) is 5.82 Å². The summed E-state index contributed by atoms with van der Waals surface area (Å²) < 4.78 is 6.63. The van der Waals surface area contributed by atoms with Crippen LogP contribution in [-0.2, 0) is 9.53 Å². The van der Waals surface area contributed by atoms with Crippen molar-refractivity contribution >= 4 is 17.6 Å². The van der Waals surface area contributed by atoms with Crippen molar-refractivity contribution in [2.75, 3.05) is 12.4 Å². The van der Waals surface area contributed by atoms with Gasteiger partial charge in [-0.15, -0.1) is 5.10 Å². The standard InChI is InChI=1S/C22H21N5O2/c1-14-9-7-8-12-17(14)20-25-22-23-15(2)13-18(27(22)26-20)24-19(21(28)29-3)16-10-5-4-6-11-16/h4-13,19,24H,1-3H3/t19-/m1/s1. The number of aromatic nitrogens is 4. The molecule has 29 heavy (non-hydrogen) atoms. The van der Waals surface area contributed by atoms with Crippen molar-refractivity contribution in [1.29, 1.82) is 0 Å². The molecule has 0 unspecified atom stereocenters. The van der Waals surface area contributed by atoms with E-state index in [2.05, 4.69) is 20.4 Å². The molecule has 0 aliphatic heterocycles. The molecule has 0 fully saturated rings. The second kappa shape index (κ2) is 7.71. The molecule has 7 heteroatoms. The molecule has 0 radical (unpaired) electrons. The number of anilines is 1. The lowest BCUT2D eigenvalue weighted by Gasteiger charge is -2.18. The van der Waals surface area contributed by atoms with E-state index in [4.69, 9.17) is 4.74 Å². The Hall–Kier alpha value is -3.74. The van der Waals surface area contributed by atoms with Crippen molar-refractivity contribution in [2.24, 2.45) is 0 Å². The number of rotatable bonds is 5. The van der Waals surface area contributed by atoms with Crippen LogP contribution in [0.5, 0.6) is 0 Å². The molecule has 2 heterocycles. The summed E-state index contributed by atoms with van der Waals surface area (Å²) in [6.07, 6.45) is 0. The second-order valence-corrected chi connectivity index (χ2v) is 6.76. The number of benzene rings is 2. The maximum Gasteiger partial charge on any atom is 0.333 e. The molecular weight excluding hydrogens is 366 g/mol. The van der Waals surface area contributed by atoms with Crippen LogP contribution in [0.15, 0.2) is 60.7 Å². The molecule has 2 aromatic carbocycles. The van der Waals surface area contributed by atoms with Gasteiger partial charge in [-0.25, -0.2) is 9.78 Å². The minimum atomic E-state index is -0.683. The molecule has 0 saturated heterocycles. The Labute approximate surface area is 168 Å². The summed E-state index contributed by atoms with van der Waals surface area (Å²) in [6, 6.07) is 18.5. The first-order valence-corrected chi connectivity index (χ1v) is 9.26. The first kappa shape index (κ1) is 18.6. The van der Waals surface area contributed by atoms with E-state index in [-0.39, 0.29) is 0 Å². The van der Waals surface area contributed by atoms with Gasteiger partial charge in [0.05, 0.1) is 7.11 Å². The largest absolute Gasteiger partial charge is 0.467 e. The van der Waals surface area contributed by atoms with Gasteiger partial charge < -0.3 is 10.1 Å². The van der Waals surface area contributed by atoms with E-state index >= 15 is 0 Å². The number of nitrogens with zero attached hydrogens (tertiary/aromatic N) is 4. The average Bonchev–Trinajstić information content (AvgIpc) is 3.16. The van der Waals surface area contributed by atoms with Gasteiger partial charge in [0.15, 0.2) is 11.9 Å². The minimum Gasteiger partial charge on any atom is -0.467 e. The number of hydrogen-bond donors (Lipinski definition) is 1. The number of methoxy groups -OCH3 is 1. The highest BCUT2D eigenvalue weighted by Crippen LogP contribution is 2.24. The van der Waals surface area contributed by atoms with Gasteiger partial charge in [0.25, 0.3) is 5.78 Å². The quantitative estimate of drug-likeness (QED) is 0.526. The Bertz CT molecular complexity index is 1170. The Kier molecular flexibility index (Phi) is 4.95. The number of ether oxygens (including phenoxy) is 1. The Balaban J connectivity index is 1.80. The van der Waals surface area contributed by atoms with Crippen molar-refractivity contribution in [3.05, 3.63) is 77.5 Å². The van der Waals surface area contributed by atoms with Gasteiger partial charge in [-0.1, -0.05) is 54.6 Å². The number of fused-ring (bicyclic) bond motifs is 1. The number of hydrogen-bond acceptors (Lipinski definition) is 6. The van der Waals surface area contributed by atoms with Gasteiger partial charge in [0.2, 0.25) is 0 Å². The SMILES string of the molecule is COC(=O)[C@H](Nc1cc(C)nc2nc(-c3ccccc3C)nn12)c1ccccc1. The Morgan fingerprint density at radius 3 is 2.48 bits per heavy atom. The summed E-state index contributed by atoms with van der Waals surface area (Å²) in [5.74, 6) is 1.26. The van der Waals surface area contributed by atoms with Gasteiger partial charge >= 0.3 is 5.97 Å². The van der Waals surface area contributed by atoms with E-state index in [1.54, 1.807) is 4.52 Å². The minimum absolute atomic E-state index is 0.391. The molecule has 0 aliphatic carbocycles. The second-order valence-electron chi connectivity index (χ2n) is 6.76. The van der Waals surface area contributed by atoms with Crippen molar-refractivity contribution in [1.82, 2.24) is 19.6 Å². The summed E-state index contributed by atoms with van der Waals surface area (Å²) in [7, 11) is 1.37. The number of aryl methyl sites for hydroxylation is 2. The van der Waals surface area contributed by atoms with Crippen LogP contribution in [0.4, 0.5) is 5.82 Å². The van der Waals surface area contributed by atoms with Crippen LogP contribution in [0.2, 0.25) is 0 Å². The highest BCUT2D eigenvalue weighted by Gasteiger charge is 2.23. The maximum absolute atomic E-state index is 12.5. The van der Waals surface area contributed by atoms with Gasteiger partial charge in [-0.3, -0.25) is 0 Å². The third-order valence-corrected chi connectivity index (χ3v) is 4.69. The van der Waals surface area contributed by atoms with Crippen LogP contribution in [0.3, 0.4) is 0 Å². The monoisotopic (exact) mass is 387 g/mol. The normalized spacial score (nSPS) is 12.0. The van der Waals surface area contributed by atoms with Crippen molar-refractivity contribution in [3.8, 4) is 11.4 Å². The van der Waals surface area contributed by atoms with Crippen LogP contribution < -0.4 is 5.32 Å². The van der Waals surface area contributed by atoms with E-state index in [1.165, 1.54) is 7.11 Å². The van der Waals surface area contributed by atoms with E-state index in [0.717, 1.165) is 22.4 Å². The van der Waals surface area contributed by atoms with Crippen LogP contribution in [0.25, 0.3) is 17.2 Å². The van der Waals surface area contributed by atoms with Gasteiger partial charge in [-0.05, 0) is 25.0 Å². The fourth-order valence-electron chi connectivity index (χ4n) is 3.22. The maximum atomic E-state index is 12.5. The van der Waals surface area contributed by atoms with E-state index < -0.39 is 12.0 Å². The smallest absolute Gasteiger partial charge is 0.333 e. The zero-order valence-corrected chi connectivity index (χ0v) is 16.5. The topological polar surface area (TPSA) is 81.4 Å². The van der Waals surface area contributed by atoms with Crippen molar-refractivity contribution in [2.45, 2.75) is 19.9 Å². The molecule has 0 amide bonds. The van der Waals surface area contributed by atoms with Crippen LogP contribution in [0, 0.1) is 13.8 Å². The van der Waals surface area contributed by atoms with Gasteiger partial charge in [0, 0.05) is 17.3 Å². The summed E-state index contributed by atoms with van der Waals surface area (Å²) in [5.41, 5.74) is 3.57. The molecule has 146 valence electrons. The molecule has 4 rings (SSSR count). The molecule has 0 aliphatic rings. The zero-order valence-electron chi connectivity index (χ0n) is 16.5. The fraction of sp³-hybridized carbons (Fsp3) is 0.182. The molecule has 1 atom stereocenters. The van der Waals surface area contributed by atoms with Crippen LogP contribution in [0.1, 0.15) is 22.9 Å². The molecule has 0 saturated carbocycles. The number of carbonyl (C=O) groups excluding carboxylic acids is 1. The Morgan fingerprint density at radius 1 is 1.03 bits per heavy atom. The molecule has 0 bridgehead atoms. The third kappa shape index (κ3) is 3.67. The predicted molar refractivity (Wildman–Crippen MR) is 111 cm³/mol. The zero-order chi connectivity index (χ0) is 20.4. The van der Waals surface area contributed by atoms with Crippen molar-refractivity contribution in [3.63, 3.8) is 0 Å². The first-order valence-electron chi connectivity index (χ1n) is 9.26. The average molecular weight is 387 g/mol. The molecule has 0 spiro atoms. The molecule has 4 aromatic rings. The van der Waals surface area contributed by atoms with Crippen LogP contribution in [-0.4, -0.2) is 32.7 Å². The highest BCUT2D eigenvalue weighted by atomic mass is 16.5. The lowest BCUT2D eigenvalue weighted by Crippen LogP contribution is -2.23. The summed E-state index contributed by atoms with van der Waals surface area (Å²) in [6.45, 7) is 3.89. The van der Waals surface area contributed by atoms with E-state index in [0.29, 0.717) is 17.4 Å². The molecular formula is C22H21N5O2. The molecule has 7 nitrogen and oxygen atoms in total. The first-order chi connectivity index (χ1) is 14.1. The molecule has 1 N–H and O–H groups in total. The Morgan fingerprint density at radius 2 is 1.76 bits per heavy atom.